The third-order valence-electron chi connectivity index (χ3n) is 7.06. The maximum absolute atomic E-state index is 12.6. The fraction of sp³-hybridized carbons (Fsp3) is 0.609. The van der Waals surface area contributed by atoms with Crippen LogP contribution in [0.5, 0.6) is 11.5 Å². The minimum absolute atomic E-state index is 0.131. The number of rotatable bonds is 2. The molecule has 0 bridgehead atoms. The van der Waals surface area contributed by atoms with Crippen LogP contribution in [-0.4, -0.2) is 47.9 Å². The number of hydrogen-bond donors (Lipinski definition) is 2. The minimum atomic E-state index is -0.497. The second-order valence-corrected chi connectivity index (χ2v) is 9.09. The third-order valence-corrected chi connectivity index (χ3v) is 7.06. The molecule has 2 aliphatic heterocycles. The Morgan fingerprint density at radius 3 is 2.97 bits per heavy atom. The van der Waals surface area contributed by atoms with Gasteiger partial charge in [-0.25, -0.2) is 4.79 Å². The summed E-state index contributed by atoms with van der Waals surface area (Å²) in [4.78, 5) is 14.9. The highest BCUT2D eigenvalue weighted by molar-refractivity contribution is 5.73. The van der Waals surface area contributed by atoms with Crippen LogP contribution in [0.3, 0.4) is 0 Å². The Labute approximate surface area is 171 Å². The summed E-state index contributed by atoms with van der Waals surface area (Å²) in [5, 5.41) is 13.2. The lowest BCUT2D eigenvalue weighted by atomic mass is 9.69. The van der Waals surface area contributed by atoms with Crippen LogP contribution in [0, 0.1) is 0 Å². The molecule has 0 unspecified atom stereocenters. The molecule has 3 atom stereocenters. The second-order valence-electron chi connectivity index (χ2n) is 9.09. The first kappa shape index (κ1) is 18.9. The number of ether oxygens (including phenoxy) is 2. The van der Waals surface area contributed by atoms with Gasteiger partial charge >= 0.3 is 6.09 Å². The van der Waals surface area contributed by atoms with Gasteiger partial charge in [0.25, 0.3) is 0 Å². The van der Waals surface area contributed by atoms with E-state index in [4.69, 9.17) is 9.47 Å². The van der Waals surface area contributed by atoms with Gasteiger partial charge in [-0.3, -0.25) is 0 Å². The lowest BCUT2D eigenvalue weighted by Crippen LogP contribution is -2.42. The second kappa shape index (κ2) is 7.33. The topological polar surface area (TPSA) is 71.0 Å². The Morgan fingerprint density at radius 2 is 2.14 bits per heavy atom. The van der Waals surface area contributed by atoms with Crippen molar-refractivity contribution >= 4 is 6.09 Å². The zero-order valence-electron chi connectivity index (χ0n) is 17.0. The lowest BCUT2D eigenvalue weighted by molar-refractivity contribution is 0.0820. The van der Waals surface area contributed by atoms with E-state index in [1.165, 1.54) is 12.0 Å². The molecular weight excluding hydrogens is 368 g/mol. The molecule has 5 rings (SSSR count). The molecule has 0 radical (unpaired) electrons. The maximum Gasteiger partial charge on any atom is 0.412 e. The van der Waals surface area contributed by atoms with Crippen molar-refractivity contribution in [1.29, 1.82) is 0 Å². The summed E-state index contributed by atoms with van der Waals surface area (Å²) in [5.41, 5.74) is 2.09. The Morgan fingerprint density at radius 1 is 1.31 bits per heavy atom. The van der Waals surface area contributed by atoms with Crippen molar-refractivity contribution < 1.29 is 19.4 Å². The summed E-state index contributed by atoms with van der Waals surface area (Å²) in [6, 6.07) is 4.13. The molecule has 0 aromatic heterocycles. The van der Waals surface area contributed by atoms with Gasteiger partial charge in [0.1, 0.15) is 6.10 Å². The number of carbonyl (C=O) groups excluding carboxylic acids is 1. The molecule has 6 heteroatoms. The first-order valence-corrected chi connectivity index (χ1v) is 10.9. The van der Waals surface area contributed by atoms with Crippen molar-refractivity contribution in [2.75, 3.05) is 13.6 Å². The van der Waals surface area contributed by atoms with E-state index in [1.807, 2.05) is 12.1 Å². The van der Waals surface area contributed by atoms with E-state index in [9.17, 15) is 9.90 Å². The Kier molecular flexibility index (Phi) is 4.79. The van der Waals surface area contributed by atoms with E-state index in [-0.39, 0.29) is 17.6 Å². The highest BCUT2D eigenvalue weighted by atomic mass is 16.6. The lowest BCUT2D eigenvalue weighted by Gasteiger charge is -2.35. The zero-order valence-corrected chi connectivity index (χ0v) is 17.0. The van der Waals surface area contributed by atoms with Gasteiger partial charge in [0, 0.05) is 24.6 Å². The average Bonchev–Trinajstić information content (AvgIpc) is 2.96. The van der Waals surface area contributed by atoms with Gasteiger partial charge in [0.05, 0.1) is 11.5 Å². The molecule has 2 aliphatic carbocycles. The van der Waals surface area contributed by atoms with Crippen LogP contribution >= 0.6 is 0 Å². The summed E-state index contributed by atoms with van der Waals surface area (Å²) < 4.78 is 12.1. The van der Waals surface area contributed by atoms with Crippen LogP contribution in [0.25, 0.3) is 0 Å². The molecule has 1 saturated carbocycles. The standard InChI is InChI=1S/C23H30N2O4/c1-25-12-11-23-10-9-17(26)13-19(23)29-21-18(8-7-15(14-25)20(21)23)28-22(27)24-16-5-3-2-4-6-16/h7-10,16-17,19,26H,2-6,11-14H2,1H3,(H,24,27)/t17-,19-,23-/m0/s1. The van der Waals surface area contributed by atoms with Crippen LogP contribution < -0.4 is 14.8 Å². The molecule has 2 N–H and O–H groups in total. The number of aliphatic hydroxyl groups is 1. The predicted molar refractivity (Wildman–Crippen MR) is 109 cm³/mol. The summed E-state index contributed by atoms with van der Waals surface area (Å²) in [5.74, 6) is 1.17. The van der Waals surface area contributed by atoms with E-state index in [0.29, 0.717) is 17.9 Å². The van der Waals surface area contributed by atoms with Crippen LogP contribution in [0.4, 0.5) is 4.79 Å². The van der Waals surface area contributed by atoms with Gasteiger partial charge in [-0.05, 0) is 44.5 Å². The quantitative estimate of drug-likeness (QED) is 0.749. The van der Waals surface area contributed by atoms with Crippen molar-refractivity contribution in [2.24, 2.45) is 0 Å². The molecule has 4 aliphatic rings. The summed E-state index contributed by atoms with van der Waals surface area (Å²) in [6.45, 7) is 1.79. The maximum atomic E-state index is 12.6. The number of benzene rings is 1. The van der Waals surface area contributed by atoms with Crippen LogP contribution in [0.2, 0.25) is 0 Å². The number of nitrogens with one attached hydrogen (secondary N) is 1. The Balaban J connectivity index is 1.46. The van der Waals surface area contributed by atoms with E-state index in [1.54, 1.807) is 0 Å². The van der Waals surface area contributed by atoms with Crippen LogP contribution in [-0.2, 0) is 12.0 Å². The van der Waals surface area contributed by atoms with Gasteiger partial charge in [0.15, 0.2) is 11.5 Å². The van der Waals surface area contributed by atoms with Gasteiger partial charge in [-0.2, -0.15) is 0 Å². The molecule has 1 amide bonds. The minimum Gasteiger partial charge on any atom is -0.485 e. The van der Waals surface area contributed by atoms with E-state index in [2.05, 4.69) is 29.4 Å². The van der Waals surface area contributed by atoms with Crippen LogP contribution in [0.15, 0.2) is 24.3 Å². The molecule has 6 nitrogen and oxygen atoms in total. The van der Waals surface area contributed by atoms with Gasteiger partial charge in [-0.1, -0.05) is 37.5 Å². The van der Waals surface area contributed by atoms with E-state index < -0.39 is 12.2 Å². The fourth-order valence-electron chi connectivity index (χ4n) is 5.54. The number of amides is 1. The smallest absolute Gasteiger partial charge is 0.412 e. The molecule has 2 heterocycles. The van der Waals surface area contributed by atoms with Crippen molar-refractivity contribution in [1.82, 2.24) is 10.2 Å². The Bertz CT molecular complexity index is 832. The van der Waals surface area contributed by atoms with E-state index in [0.717, 1.165) is 50.8 Å². The number of hydrogen-bond acceptors (Lipinski definition) is 5. The van der Waals surface area contributed by atoms with Crippen molar-refractivity contribution in [3.63, 3.8) is 0 Å². The van der Waals surface area contributed by atoms with Crippen LogP contribution in [0.1, 0.15) is 56.1 Å². The molecule has 29 heavy (non-hydrogen) atoms. The number of nitrogens with zero attached hydrogens (tertiary/aromatic N) is 1. The number of carbonyl (C=O) groups is 1. The molecule has 0 saturated heterocycles. The number of aliphatic hydroxyl groups excluding tert-OH is 1. The van der Waals surface area contributed by atoms with Crippen molar-refractivity contribution in [3.8, 4) is 11.5 Å². The molecular formula is C23H30N2O4. The summed E-state index contributed by atoms with van der Waals surface area (Å²) >= 11 is 0. The molecule has 1 aromatic carbocycles. The van der Waals surface area contributed by atoms with Gasteiger partial charge in [-0.15, -0.1) is 0 Å². The summed E-state index contributed by atoms with van der Waals surface area (Å²) in [6.07, 6.45) is 10.1. The first-order chi connectivity index (χ1) is 14.0. The molecule has 1 aromatic rings. The molecule has 1 fully saturated rings. The normalized spacial score (nSPS) is 31.4. The highest BCUT2D eigenvalue weighted by Gasteiger charge is 2.52. The Hall–Kier alpha value is -2.05. The predicted octanol–water partition coefficient (Wildman–Crippen LogP) is 3.26. The average molecular weight is 399 g/mol. The SMILES string of the molecule is CN1CC[C@@]23C=C[C@H](O)C[C@@H]2Oc2c(OC(=O)NC4CCCCC4)ccc(c23)C1. The third kappa shape index (κ3) is 3.32. The largest absolute Gasteiger partial charge is 0.485 e. The summed E-state index contributed by atoms with van der Waals surface area (Å²) in [7, 11) is 2.13. The van der Waals surface area contributed by atoms with E-state index >= 15 is 0 Å². The first-order valence-electron chi connectivity index (χ1n) is 10.9. The van der Waals surface area contributed by atoms with Crippen molar-refractivity contribution in [2.45, 2.75) is 75.2 Å². The zero-order chi connectivity index (χ0) is 20.0. The fourth-order valence-corrected chi connectivity index (χ4v) is 5.54. The molecule has 1 spiro atoms. The monoisotopic (exact) mass is 398 g/mol. The van der Waals surface area contributed by atoms with Gasteiger partial charge in [0.2, 0.25) is 0 Å². The van der Waals surface area contributed by atoms with Crippen molar-refractivity contribution in [3.05, 3.63) is 35.4 Å². The molecule has 156 valence electrons. The van der Waals surface area contributed by atoms with Gasteiger partial charge < -0.3 is 24.8 Å². The highest BCUT2D eigenvalue weighted by Crippen LogP contribution is 2.55.